The maximum Gasteiger partial charge on any atom is 0.165 e. The molecule has 0 spiro atoms. The minimum atomic E-state index is -0.259. The molecule has 0 fully saturated rings. The molecule has 0 saturated heterocycles. The van der Waals surface area contributed by atoms with E-state index in [0.717, 1.165) is 22.6 Å². The van der Waals surface area contributed by atoms with Crippen molar-refractivity contribution in [1.82, 2.24) is 14.6 Å². The lowest BCUT2D eigenvalue weighted by Crippen LogP contribution is -2.11. The fraction of sp³-hybridized carbons (Fsp3) is 0.200. The lowest BCUT2D eigenvalue weighted by Gasteiger charge is -2.07. The van der Waals surface area contributed by atoms with E-state index in [-0.39, 0.29) is 5.82 Å². The summed E-state index contributed by atoms with van der Waals surface area (Å²) in [6, 6.07) is 8.15. The van der Waals surface area contributed by atoms with Gasteiger partial charge in [0.15, 0.2) is 5.65 Å². The third-order valence-corrected chi connectivity index (χ3v) is 3.17. The van der Waals surface area contributed by atoms with Crippen molar-refractivity contribution < 1.29 is 9.13 Å². The van der Waals surface area contributed by atoms with E-state index < -0.39 is 0 Å². The van der Waals surface area contributed by atoms with Crippen molar-refractivity contribution in [3.8, 4) is 11.1 Å². The van der Waals surface area contributed by atoms with Gasteiger partial charge in [0.05, 0.1) is 12.8 Å². The van der Waals surface area contributed by atoms with Crippen LogP contribution in [0.3, 0.4) is 0 Å². The molecule has 108 valence electrons. The SMILES string of the molecule is COCCNc1ccnc2c(-c3ccc(F)cc3)cnn12. The molecule has 3 rings (SSSR count). The highest BCUT2D eigenvalue weighted by Crippen LogP contribution is 2.24. The summed E-state index contributed by atoms with van der Waals surface area (Å²) < 4.78 is 19.8. The molecule has 0 amide bonds. The third-order valence-electron chi connectivity index (χ3n) is 3.17. The molecule has 5 nitrogen and oxygen atoms in total. The molecule has 3 aromatic rings. The van der Waals surface area contributed by atoms with Crippen molar-refractivity contribution in [2.24, 2.45) is 0 Å². The number of hydrogen-bond acceptors (Lipinski definition) is 4. The number of aromatic nitrogens is 3. The van der Waals surface area contributed by atoms with Crippen LogP contribution in [0.4, 0.5) is 10.2 Å². The van der Waals surface area contributed by atoms with Crippen LogP contribution in [0.1, 0.15) is 0 Å². The summed E-state index contributed by atoms with van der Waals surface area (Å²) in [5.41, 5.74) is 2.47. The van der Waals surface area contributed by atoms with Crippen molar-refractivity contribution in [3.05, 3.63) is 48.5 Å². The Morgan fingerprint density at radius 1 is 1.24 bits per heavy atom. The molecule has 1 N–H and O–H groups in total. The first-order valence-electron chi connectivity index (χ1n) is 6.61. The fourth-order valence-corrected chi connectivity index (χ4v) is 2.14. The molecule has 0 aliphatic carbocycles. The molecular formula is C15H15FN4O. The summed E-state index contributed by atoms with van der Waals surface area (Å²) in [4.78, 5) is 4.36. The zero-order chi connectivity index (χ0) is 14.7. The number of benzene rings is 1. The summed E-state index contributed by atoms with van der Waals surface area (Å²) in [7, 11) is 1.66. The largest absolute Gasteiger partial charge is 0.383 e. The fourth-order valence-electron chi connectivity index (χ4n) is 2.14. The zero-order valence-electron chi connectivity index (χ0n) is 11.6. The van der Waals surface area contributed by atoms with E-state index in [1.807, 2.05) is 6.07 Å². The molecule has 21 heavy (non-hydrogen) atoms. The smallest absolute Gasteiger partial charge is 0.165 e. The van der Waals surface area contributed by atoms with Gasteiger partial charge in [-0.25, -0.2) is 9.37 Å². The quantitative estimate of drug-likeness (QED) is 0.732. The number of fused-ring (bicyclic) bond motifs is 1. The maximum atomic E-state index is 13.0. The van der Waals surface area contributed by atoms with E-state index >= 15 is 0 Å². The predicted octanol–water partition coefficient (Wildman–Crippen LogP) is 2.59. The summed E-state index contributed by atoms with van der Waals surface area (Å²) in [6.07, 6.45) is 3.45. The van der Waals surface area contributed by atoms with Crippen LogP contribution in [0.5, 0.6) is 0 Å². The number of ether oxygens (including phenoxy) is 1. The van der Waals surface area contributed by atoms with E-state index in [1.54, 1.807) is 36.2 Å². The van der Waals surface area contributed by atoms with Gasteiger partial charge in [-0.2, -0.15) is 9.61 Å². The Hall–Kier alpha value is -2.47. The van der Waals surface area contributed by atoms with E-state index in [0.29, 0.717) is 13.2 Å². The maximum absolute atomic E-state index is 13.0. The van der Waals surface area contributed by atoms with Crippen molar-refractivity contribution in [3.63, 3.8) is 0 Å². The third kappa shape index (κ3) is 2.71. The molecule has 6 heteroatoms. The van der Waals surface area contributed by atoms with Crippen LogP contribution in [0.25, 0.3) is 16.8 Å². The van der Waals surface area contributed by atoms with Crippen LogP contribution >= 0.6 is 0 Å². The molecule has 1 aromatic carbocycles. The second kappa shape index (κ2) is 5.88. The number of rotatable bonds is 5. The van der Waals surface area contributed by atoms with Gasteiger partial charge in [-0.1, -0.05) is 12.1 Å². The van der Waals surface area contributed by atoms with Gasteiger partial charge in [0.2, 0.25) is 0 Å². The molecule has 2 heterocycles. The van der Waals surface area contributed by atoms with Gasteiger partial charge in [0.25, 0.3) is 0 Å². The second-order valence-corrected chi connectivity index (χ2v) is 4.55. The van der Waals surface area contributed by atoms with E-state index in [9.17, 15) is 4.39 Å². The monoisotopic (exact) mass is 286 g/mol. The highest BCUT2D eigenvalue weighted by atomic mass is 19.1. The number of hydrogen-bond donors (Lipinski definition) is 1. The van der Waals surface area contributed by atoms with Crippen LogP contribution in [-0.4, -0.2) is 34.9 Å². The van der Waals surface area contributed by atoms with Gasteiger partial charge in [0, 0.05) is 25.4 Å². The van der Waals surface area contributed by atoms with Crippen LogP contribution in [0.15, 0.2) is 42.7 Å². The summed E-state index contributed by atoms with van der Waals surface area (Å²) in [5, 5.41) is 7.59. The Morgan fingerprint density at radius 3 is 2.81 bits per heavy atom. The van der Waals surface area contributed by atoms with Crippen molar-refractivity contribution in [2.45, 2.75) is 0 Å². The van der Waals surface area contributed by atoms with Gasteiger partial charge in [0.1, 0.15) is 11.6 Å². The van der Waals surface area contributed by atoms with E-state index in [4.69, 9.17) is 4.74 Å². The standard InChI is InChI=1S/C15H15FN4O/c1-21-9-8-17-14-6-7-18-15-13(10-19-20(14)15)11-2-4-12(16)5-3-11/h2-7,10,17H,8-9H2,1H3. The Morgan fingerprint density at radius 2 is 2.05 bits per heavy atom. The predicted molar refractivity (Wildman–Crippen MR) is 78.7 cm³/mol. The van der Waals surface area contributed by atoms with Crippen LogP contribution in [0, 0.1) is 5.82 Å². The zero-order valence-corrected chi connectivity index (χ0v) is 11.6. The van der Waals surface area contributed by atoms with Gasteiger partial charge >= 0.3 is 0 Å². The minimum absolute atomic E-state index is 0.259. The average Bonchev–Trinajstić information content (AvgIpc) is 2.93. The first-order chi connectivity index (χ1) is 10.3. The van der Waals surface area contributed by atoms with Crippen molar-refractivity contribution in [2.75, 3.05) is 25.6 Å². The normalized spacial score (nSPS) is 11.0. The molecule has 0 saturated carbocycles. The number of anilines is 1. The first-order valence-corrected chi connectivity index (χ1v) is 6.61. The van der Waals surface area contributed by atoms with Crippen LogP contribution in [0.2, 0.25) is 0 Å². The highest BCUT2D eigenvalue weighted by molar-refractivity contribution is 5.77. The number of nitrogens with zero attached hydrogens (tertiary/aromatic N) is 3. The van der Waals surface area contributed by atoms with E-state index in [1.165, 1.54) is 12.1 Å². The lowest BCUT2D eigenvalue weighted by atomic mass is 10.1. The molecular weight excluding hydrogens is 271 g/mol. The number of halogens is 1. The summed E-state index contributed by atoms with van der Waals surface area (Å²) in [6.45, 7) is 1.29. The Balaban J connectivity index is 1.98. The Bertz CT molecular complexity index is 739. The molecule has 0 atom stereocenters. The van der Waals surface area contributed by atoms with Crippen molar-refractivity contribution >= 4 is 11.5 Å². The average molecular weight is 286 g/mol. The lowest BCUT2D eigenvalue weighted by molar-refractivity contribution is 0.210. The molecule has 0 radical (unpaired) electrons. The van der Waals surface area contributed by atoms with Gasteiger partial charge < -0.3 is 10.1 Å². The Labute approximate surface area is 121 Å². The Kier molecular flexibility index (Phi) is 3.79. The van der Waals surface area contributed by atoms with Crippen LogP contribution in [-0.2, 0) is 4.74 Å². The highest BCUT2D eigenvalue weighted by Gasteiger charge is 2.10. The molecule has 2 aromatic heterocycles. The summed E-state index contributed by atoms with van der Waals surface area (Å²) in [5.74, 6) is 0.579. The molecule has 0 aliphatic heterocycles. The molecule has 0 unspecified atom stereocenters. The topological polar surface area (TPSA) is 51.5 Å². The summed E-state index contributed by atoms with van der Waals surface area (Å²) >= 11 is 0. The molecule has 0 aliphatic rings. The van der Waals surface area contributed by atoms with Gasteiger partial charge in [-0.3, -0.25) is 0 Å². The van der Waals surface area contributed by atoms with Crippen LogP contribution < -0.4 is 5.32 Å². The van der Waals surface area contributed by atoms with Crippen molar-refractivity contribution in [1.29, 1.82) is 0 Å². The molecule has 0 bridgehead atoms. The van der Waals surface area contributed by atoms with E-state index in [2.05, 4.69) is 15.4 Å². The van der Waals surface area contributed by atoms with Gasteiger partial charge in [-0.15, -0.1) is 0 Å². The number of methoxy groups -OCH3 is 1. The number of nitrogens with one attached hydrogen (secondary N) is 1. The van der Waals surface area contributed by atoms with Gasteiger partial charge in [-0.05, 0) is 23.8 Å². The first kappa shape index (κ1) is 13.5. The second-order valence-electron chi connectivity index (χ2n) is 4.55. The minimum Gasteiger partial charge on any atom is -0.383 e.